The Balaban J connectivity index is 0.000000164. The summed E-state index contributed by atoms with van der Waals surface area (Å²) < 4.78 is 0. The van der Waals surface area contributed by atoms with Crippen molar-refractivity contribution in [1.82, 2.24) is 29.7 Å². The van der Waals surface area contributed by atoms with Crippen molar-refractivity contribution in [1.29, 1.82) is 0 Å². The van der Waals surface area contributed by atoms with E-state index in [0.29, 0.717) is 69.1 Å². The average molecular weight is 1090 g/mol. The standard InChI is InChI=1S/3C17H24N4O3S/c3*1-12(23)17(2)11-25-16(19-17)15-14(24)9-13(10-18-15)21-5-3-20(4-6-21)7-8-22/h3*9-10,22,24H,3-8,11H2,1-2H3/t3*17-/m111/s1. The van der Waals surface area contributed by atoms with E-state index in [0.717, 1.165) is 95.6 Å². The van der Waals surface area contributed by atoms with E-state index in [1.807, 2.05) is 20.8 Å². The minimum absolute atomic E-state index is 0.0202. The highest BCUT2D eigenvalue weighted by molar-refractivity contribution is 8.15. The zero-order valence-corrected chi connectivity index (χ0v) is 46.3. The molecule has 21 nitrogen and oxygen atoms in total. The van der Waals surface area contributed by atoms with Crippen LogP contribution in [0.5, 0.6) is 17.2 Å². The Bertz CT molecular complexity index is 2340. The molecule has 3 atom stereocenters. The smallest absolute Gasteiger partial charge is 0.157 e. The molecule has 9 rings (SSSR count). The van der Waals surface area contributed by atoms with Gasteiger partial charge in [-0.1, -0.05) is 0 Å². The van der Waals surface area contributed by atoms with Crippen molar-refractivity contribution in [2.24, 2.45) is 15.0 Å². The molecule has 9 heterocycles. The molecule has 6 aliphatic heterocycles. The Labute approximate surface area is 451 Å². The minimum atomic E-state index is -0.726. The van der Waals surface area contributed by atoms with Crippen LogP contribution in [0.15, 0.2) is 51.8 Å². The topological polar surface area (TPSA) is 268 Å². The van der Waals surface area contributed by atoms with Crippen molar-refractivity contribution in [2.45, 2.75) is 58.2 Å². The molecular weight excluding hydrogens is 1020 g/mol. The largest absolute Gasteiger partial charge is 0.506 e. The fourth-order valence-corrected chi connectivity index (χ4v) is 12.6. The number of carbonyl (C=O) groups excluding carboxylic acids is 3. The summed E-state index contributed by atoms with van der Waals surface area (Å²) in [5.41, 5.74) is 1.78. The van der Waals surface area contributed by atoms with Crippen LogP contribution in [-0.4, -0.2) is 245 Å². The number of piperazine rings is 3. The summed E-state index contributed by atoms with van der Waals surface area (Å²) in [4.78, 5) is 75.0. The van der Waals surface area contributed by atoms with Gasteiger partial charge in [-0.05, 0) is 41.5 Å². The fourth-order valence-electron chi connectivity index (χ4n) is 8.85. The van der Waals surface area contributed by atoms with Gasteiger partial charge in [-0.25, -0.2) is 15.0 Å². The molecule has 3 fully saturated rings. The Morgan fingerprint density at radius 2 is 0.693 bits per heavy atom. The number of aromatic hydroxyl groups is 3. The Morgan fingerprint density at radius 1 is 0.453 bits per heavy atom. The number of ketones is 3. The van der Waals surface area contributed by atoms with Crippen molar-refractivity contribution in [3.63, 3.8) is 0 Å². The van der Waals surface area contributed by atoms with E-state index in [9.17, 15) is 29.7 Å². The number of aromatic nitrogens is 3. The van der Waals surface area contributed by atoms with Crippen molar-refractivity contribution < 1.29 is 45.0 Å². The lowest BCUT2D eigenvalue weighted by Crippen LogP contribution is -2.47. The summed E-state index contributed by atoms with van der Waals surface area (Å²) in [7, 11) is 0. The summed E-state index contributed by atoms with van der Waals surface area (Å²) in [6, 6.07) is 5.16. The van der Waals surface area contributed by atoms with E-state index in [1.54, 1.807) is 57.6 Å². The van der Waals surface area contributed by atoms with Gasteiger partial charge in [0.2, 0.25) is 0 Å². The molecule has 408 valence electrons. The van der Waals surface area contributed by atoms with Crippen LogP contribution in [-0.2, 0) is 14.4 Å². The molecule has 0 radical (unpaired) electrons. The lowest BCUT2D eigenvalue weighted by atomic mass is 10.0. The molecular formula is C51H72N12O9S3. The van der Waals surface area contributed by atoms with Gasteiger partial charge in [-0.2, -0.15) is 0 Å². The number of carbonyl (C=O) groups is 3. The molecule has 3 aromatic heterocycles. The summed E-state index contributed by atoms with van der Waals surface area (Å²) >= 11 is 4.36. The summed E-state index contributed by atoms with van der Waals surface area (Å²) in [5.74, 6) is 2.07. The molecule has 3 saturated heterocycles. The van der Waals surface area contributed by atoms with Gasteiger partial charge in [0.25, 0.3) is 0 Å². The van der Waals surface area contributed by atoms with E-state index in [2.05, 4.69) is 59.3 Å². The van der Waals surface area contributed by atoms with E-state index in [4.69, 9.17) is 15.3 Å². The van der Waals surface area contributed by atoms with E-state index in [1.165, 1.54) is 35.3 Å². The molecule has 0 aliphatic carbocycles. The van der Waals surface area contributed by atoms with Crippen LogP contribution in [0.4, 0.5) is 17.1 Å². The molecule has 0 bridgehead atoms. The molecule has 3 aromatic rings. The highest BCUT2D eigenvalue weighted by atomic mass is 32.2. The third-order valence-electron chi connectivity index (χ3n) is 14.4. The maximum Gasteiger partial charge on any atom is 0.157 e. The number of thioether (sulfide) groups is 3. The summed E-state index contributed by atoms with van der Waals surface area (Å²) in [6.45, 7) is 22.9. The first kappa shape index (κ1) is 57.8. The first-order valence-electron chi connectivity index (χ1n) is 25.3. The minimum Gasteiger partial charge on any atom is -0.506 e. The van der Waals surface area contributed by atoms with Gasteiger partial charge >= 0.3 is 0 Å². The molecule has 0 aromatic carbocycles. The lowest BCUT2D eigenvalue weighted by molar-refractivity contribution is -0.121. The lowest BCUT2D eigenvalue weighted by Gasteiger charge is -2.35. The van der Waals surface area contributed by atoms with Gasteiger partial charge in [-0.15, -0.1) is 35.3 Å². The Hall–Kier alpha value is -4.92. The van der Waals surface area contributed by atoms with Crippen molar-refractivity contribution in [3.8, 4) is 17.2 Å². The second kappa shape index (κ2) is 25.5. The molecule has 0 saturated carbocycles. The summed E-state index contributed by atoms with van der Waals surface area (Å²) in [5, 5.41) is 60.1. The quantitative estimate of drug-likeness (QED) is 0.127. The summed E-state index contributed by atoms with van der Waals surface area (Å²) in [6.07, 6.45) is 5.26. The van der Waals surface area contributed by atoms with E-state index < -0.39 is 16.6 Å². The van der Waals surface area contributed by atoms with Gasteiger partial charge in [-0.3, -0.25) is 44.1 Å². The molecule has 75 heavy (non-hydrogen) atoms. The molecule has 24 heteroatoms. The monoisotopic (exact) mass is 1090 g/mol. The van der Waals surface area contributed by atoms with Crippen LogP contribution in [0.1, 0.15) is 58.6 Å². The van der Waals surface area contributed by atoms with Gasteiger partial charge in [0.15, 0.2) is 17.3 Å². The maximum atomic E-state index is 11.7. The third kappa shape index (κ3) is 14.2. The number of anilines is 3. The molecule has 0 spiro atoms. The molecule has 6 N–H and O–H groups in total. The van der Waals surface area contributed by atoms with Crippen LogP contribution in [0.3, 0.4) is 0 Å². The molecule has 0 amide bonds. The number of aliphatic hydroxyl groups excluding tert-OH is 3. The van der Waals surface area contributed by atoms with Crippen molar-refractivity contribution in [2.75, 3.05) is 150 Å². The fraction of sp³-hybridized carbons (Fsp3) is 0.588. The number of nitrogens with zero attached hydrogens (tertiary/aromatic N) is 12. The number of pyridine rings is 3. The van der Waals surface area contributed by atoms with Gasteiger partial charge in [0.1, 0.15) is 66.1 Å². The highest BCUT2D eigenvalue weighted by Crippen LogP contribution is 2.38. The van der Waals surface area contributed by atoms with Gasteiger partial charge < -0.3 is 45.3 Å². The zero-order chi connectivity index (χ0) is 54.1. The third-order valence-corrected chi connectivity index (χ3v) is 18.2. The number of aliphatic hydroxyl groups is 3. The second-order valence-corrected chi connectivity index (χ2v) is 22.8. The van der Waals surface area contributed by atoms with E-state index >= 15 is 0 Å². The first-order valence-corrected chi connectivity index (χ1v) is 28.3. The zero-order valence-electron chi connectivity index (χ0n) is 43.8. The predicted octanol–water partition coefficient (Wildman–Crippen LogP) is 2.23. The van der Waals surface area contributed by atoms with Crippen LogP contribution < -0.4 is 14.7 Å². The first-order chi connectivity index (χ1) is 35.8. The predicted molar refractivity (Wildman–Crippen MR) is 299 cm³/mol. The molecule has 6 aliphatic rings. The number of hydrogen-bond acceptors (Lipinski definition) is 24. The molecule has 0 unspecified atom stereocenters. The number of Topliss-reactive ketones (excluding diaryl/α,β-unsaturated/α-hetero) is 3. The van der Waals surface area contributed by atoms with Crippen molar-refractivity contribution >= 4 is 84.8 Å². The van der Waals surface area contributed by atoms with Crippen LogP contribution in [0, 0.1) is 0 Å². The van der Waals surface area contributed by atoms with Crippen LogP contribution in [0.25, 0.3) is 0 Å². The number of hydrogen-bond donors (Lipinski definition) is 6. The Kier molecular flexibility index (Phi) is 19.6. The SMILES string of the molecule is CC(=O)[C@@]1(C)CSC(c2ncc(N3CCN(CCO)CC3)cc2O)=N1.CC(=O)[C@@]1(C)CSC(c2ncc(N3CCN(CCO)CC3)cc2O)=N1.CC(=O)[C@@]1(C)CSC(c2ncc(N3CCN(CCO)CC3)cc2O)=N1. The highest BCUT2D eigenvalue weighted by Gasteiger charge is 2.39. The average Bonchev–Trinajstić information content (AvgIpc) is 4.13. The number of β-amino-alcohol motifs (C(OH)–C–C–N with tert-alkyl or cyclic N) is 3. The van der Waals surface area contributed by atoms with Crippen LogP contribution >= 0.6 is 35.3 Å². The van der Waals surface area contributed by atoms with Gasteiger partial charge in [0.05, 0.1) is 55.5 Å². The Morgan fingerprint density at radius 3 is 0.880 bits per heavy atom. The number of aliphatic imine (C=N–C) groups is 3. The van der Waals surface area contributed by atoms with Gasteiger partial charge in [0, 0.05) is 134 Å². The normalized spacial score (nSPS) is 24.4. The van der Waals surface area contributed by atoms with Crippen molar-refractivity contribution in [3.05, 3.63) is 53.9 Å². The number of rotatable bonds is 15. The van der Waals surface area contributed by atoms with E-state index in [-0.39, 0.29) is 54.4 Å². The van der Waals surface area contributed by atoms with Crippen LogP contribution in [0.2, 0.25) is 0 Å². The maximum absolute atomic E-state index is 11.7. The second-order valence-electron chi connectivity index (χ2n) is 19.9.